The smallest absolute Gasteiger partial charge is 0.272 e. The molecule has 5 nitrogen and oxygen atoms in total. The molecule has 0 fully saturated rings. The molecule has 5 heteroatoms. The number of carbonyl (C=O) groups is 1. The monoisotopic (exact) mass is 395 g/mol. The number of para-hydroxylation sites is 1. The lowest BCUT2D eigenvalue weighted by Crippen LogP contribution is -2.18. The lowest BCUT2D eigenvalue weighted by Gasteiger charge is -2.09. The second kappa shape index (κ2) is 8.57. The Morgan fingerprint density at radius 2 is 1.73 bits per heavy atom. The fourth-order valence-corrected chi connectivity index (χ4v) is 3.15. The van der Waals surface area contributed by atoms with E-state index in [9.17, 15) is 4.79 Å². The van der Waals surface area contributed by atoms with Crippen LogP contribution in [0.3, 0.4) is 0 Å². The molecule has 1 aromatic heterocycles. The summed E-state index contributed by atoms with van der Waals surface area (Å²) in [6, 6.07) is 24.9. The molecule has 0 aliphatic carbocycles. The molecular formula is C25H21N3O2. The Morgan fingerprint density at radius 1 is 1.00 bits per heavy atom. The first kappa shape index (κ1) is 19.3. The van der Waals surface area contributed by atoms with E-state index in [1.54, 1.807) is 13.3 Å². The van der Waals surface area contributed by atoms with Gasteiger partial charge in [-0.2, -0.15) is 5.10 Å². The number of rotatable bonds is 5. The number of nitrogens with one attached hydrogen (secondary N) is 1. The number of hydrogen-bond acceptors (Lipinski definition) is 4. The summed E-state index contributed by atoms with van der Waals surface area (Å²) in [7, 11) is 1.62. The molecule has 0 saturated heterocycles. The molecule has 0 spiro atoms. The Morgan fingerprint density at radius 3 is 2.47 bits per heavy atom. The van der Waals surface area contributed by atoms with E-state index in [0.717, 1.165) is 33.5 Å². The van der Waals surface area contributed by atoms with Crippen LogP contribution in [-0.4, -0.2) is 24.2 Å². The van der Waals surface area contributed by atoms with Crippen LogP contribution in [0.2, 0.25) is 0 Å². The summed E-state index contributed by atoms with van der Waals surface area (Å²) in [5.74, 6) is 0.481. The predicted molar refractivity (Wildman–Crippen MR) is 120 cm³/mol. The number of hydrazone groups is 1. The number of benzene rings is 3. The van der Waals surface area contributed by atoms with E-state index in [2.05, 4.69) is 10.5 Å². The van der Waals surface area contributed by atoms with Crippen LogP contribution >= 0.6 is 0 Å². The van der Waals surface area contributed by atoms with E-state index >= 15 is 0 Å². The molecule has 0 bridgehead atoms. The number of carbonyl (C=O) groups excluding carboxylic acids is 1. The minimum atomic E-state index is -0.285. The van der Waals surface area contributed by atoms with Crippen molar-refractivity contribution in [3.05, 3.63) is 95.6 Å². The van der Waals surface area contributed by atoms with Gasteiger partial charge in [-0.25, -0.2) is 10.4 Å². The highest BCUT2D eigenvalue weighted by atomic mass is 16.5. The fraction of sp³-hybridized carbons (Fsp3) is 0.0800. The van der Waals surface area contributed by atoms with Crippen molar-refractivity contribution in [2.75, 3.05) is 7.11 Å². The summed E-state index contributed by atoms with van der Waals surface area (Å²) in [6.07, 6.45) is 1.60. The largest absolute Gasteiger partial charge is 0.497 e. The molecule has 0 atom stereocenters. The van der Waals surface area contributed by atoms with E-state index in [4.69, 9.17) is 9.72 Å². The van der Waals surface area contributed by atoms with Gasteiger partial charge in [0.15, 0.2) is 0 Å². The van der Waals surface area contributed by atoms with Gasteiger partial charge in [0.1, 0.15) is 5.75 Å². The zero-order valence-corrected chi connectivity index (χ0v) is 16.8. The maximum atomic E-state index is 12.9. The summed E-state index contributed by atoms with van der Waals surface area (Å²) >= 11 is 0. The zero-order chi connectivity index (χ0) is 20.9. The molecule has 1 N–H and O–H groups in total. The first-order valence-corrected chi connectivity index (χ1v) is 9.58. The summed E-state index contributed by atoms with van der Waals surface area (Å²) < 4.78 is 5.14. The summed E-state index contributed by atoms with van der Waals surface area (Å²) in [5, 5.41) is 4.89. The van der Waals surface area contributed by atoms with Crippen LogP contribution in [0.4, 0.5) is 0 Å². The minimum Gasteiger partial charge on any atom is -0.497 e. The molecule has 4 rings (SSSR count). The van der Waals surface area contributed by atoms with Crippen molar-refractivity contribution in [2.45, 2.75) is 6.92 Å². The average Bonchev–Trinajstić information content (AvgIpc) is 2.79. The van der Waals surface area contributed by atoms with Crippen molar-refractivity contribution >= 4 is 23.0 Å². The Hall–Kier alpha value is -3.99. The first-order chi connectivity index (χ1) is 14.6. The van der Waals surface area contributed by atoms with E-state index in [0.29, 0.717) is 5.56 Å². The highest BCUT2D eigenvalue weighted by molar-refractivity contribution is 6.07. The second-order valence-electron chi connectivity index (χ2n) is 6.91. The van der Waals surface area contributed by atoms with Gasteiger partial charge in [0.2, 0.25) is 0 Å². The van der Waals surface area contributed by atoms with Gasteiger partial charge in [0.05, 0.1) is 30.1 Å². The van der Waals surface area contributed by atoms with E-state index in [1.165, 1.54) is 5.56 Å². The number of methoxy groups -OCH3 is 1. The van der Waals surface area contributed by atoms with E-state index in [1.807, 2.05) is 85.8 Å². The van der Waals surface area contributed by atoms with Crippen LogP contribution in [0.5, 0.6) is 5.75 Å². The van der Waals surface area contributed by atoms with Crippen LogP contribution in [0.1, 0.15) is 21.5 Å². The molecule has 0 aliphatic rings. The topological polar surface area (TPSA) is 63.6 Å². The highest BCUT2D eigenvalue weighted by Crippen LogP contribution is 2.25. The molecular weight excluding hydrogens is 374 g/mol. The van der Waals surface area contributed by atoms with Crippen molar-refractivity contribution in [2.24, 2.45) is 5.10 Å². The van der Waals surface area contributed by atoms with E-state index in [-0.39, 0.29) is 5.91 Å². The number of aromatic nitrogens is 1. The number of hydrogen-bond donors (Lipinski definition) is 1. The van der Waals surface area contributed by atoms with Gasteiger partial charge >= 0.3 is 0 Å². The Labute approximate surface area is 175 Å². The molecule has 148 valence electrons. The number of nitrogens with zero attached hydrogens (tertiary/aromatic N) is 2. The molecule has 30 heavy (non-hydrogen) atoms. The first-order valence-electron chi connectivity index (χ1n) is 9.58. The van der Waals surface area contributed by atoms with E-state index < -0.39 is 0 Å². The van der Waals surface area contributed by atoms with Gasteiger partial charge in [0.25, 0.3) is 5.91 Å². The fourth-order valence-electron chi connectivity index (χ4n) is 3.15. The van der Waals surface area contributed by atoms with Gasteiger partial charge in [-0.1, -0.05) is 48.0 Å². The van der Waals surface area contributed by atoms with Crippen LogP contribution in [0, 0.1) is 6.92 Å². The average molecular weight is 395 g/mol. The van der Waals surface area contributed by atoms with Gasteiger partial charge in [-0.05, 0) is 48.9 Å². The lowest BCUT2D eigenvalue weighted by atomic mass is 10.0. The van der Waals surface area contributed by atoms with Gasteiger partial charge < -0.3 is 4.74 Å². The van der Waals surface area contributed by atoms with Crippen molar-refractivity contribution in [3.8, 4) is 17.0 Å². The minimum absolute atomic E-state index is 0.285. The maximum Gasteiger partial charge on any atom is 0.272 e. The number of fused-ring (bicyclic) bond motifs is 1. The van der Waals surface area contributed by atoms with Crippen molar-refractivity contribution < 1.29 is 9.53 Å². The van der Waals surface area contributed by atoms with Crippen LogP contribution in [0.15, 0.2) is 84.0 Å². The Bertz CT molecular complexity index is 1210. The summed E-state index contributed by atoms with van der Waals surface area (Å²) in [4.78, 5) is 17.6. The molecule has 0 saturated carbocycles. The molecule has 0 unspecified atom stereocenters. The number of ether oxygens (including phenoxy) is 1. The Kier molecular flexibility index (Phi) is 5.52. The predicted octanol–water partition coefficient (Wildman–Crippen LogP) is 4.98. The number of pyridine rings is 1. The molecule has 4 aromatic rings. The molecule has 3 aromatic carbocycles. The van der Waals surface area contributed by atoms with Gasteiger partial charge in [0, 0.05) is 10.9 Å². The van der Waals surface area contributed by atoms with Gasteiger partial charge in [-0.3, -0.25) is 4.79 Å². The van der Waals surface area contributed by atoms with Gasteiger partial charge in [-0.15, -0.1) is 0 Å². The van der Waals surface area contributed by atoms with Crippen LogP contribution in [-0.2, 0) is 0 Å². The Balaban J connectivity index is 1.63. The van der Waals surface area contributed by atoms with Crippen molar-refractivity contribution in [3.63, 3.8) is 0 Å². The van der Waals surface area contributed by atoms with Crippen LogP contribution < -0.4 is 10.2 Å². The van der Waals surface area contributed by atoms with Crippen molar-refractivity contribution in [1.29, 1.82) is 0 Å². The van der Waals surface area contributed by atoms with Crippen molar-refractivity contribution in [1.82, 2.24) is 10.4 Å². The highest BCUT2D eigenvalue weighted by Gasteiger charge is 2.13. The quantitative estimate of drug-likeness (QED) is 0.383. The second-order valence-corrected chi connectivity index (χ2v) is 6.91. The lowest BCUT2D eigenvalue weighted by molar-refractivity contribution is 0.0956. The summed E-state index contributed by atoms with van der Waals surface area (Å²) in [6.45, 7) is 2.04. The third kappa shape index (κ3) is 4.20. The SMILES string of the molecule is COc1ccc(/C=N\NC(=O)c2cc(-c3ccc(C)cc3)nc3ccccc23)cc1. The molecule has 0 aliphatic heterocycles. The standard InChI is InChI=1S/C25H21N3O2/c1-17-7-11-19(12-8-17)24-15-22(21-5-3-4-6-23(21)27-24)25(29)28-26-16-18-9-13-20(30-2)14-10-18/h3-16H,1-2H3,(H,28,29)/b26-16-. The molecule has 1 heterocycles. The summed E-state index contributed by atoms with van der Waals surface area (Å²) in [5.41, 5.74) is 7.66. The van der Waals surface area contributed by atoms with Crippen LogP contribution in [0.25, 0.3) is 22.2 Å². The molecule has 1 amide bonds. The third-order valence-electron chi connectivity index (χ3n) is 4.80. The maximum absolute atomic E-state index is 12.9. The zero-order valence-electron chi connectivity index (χ0n) is 16.8. The third-order valence-corrected chi connectivity index (χ3v) is 4.80. The normalized spacial score (nSPS) is 11.0. The molecule has 0 radical (unpaired) electrons. The number of amides is 1. The number of aryl methyl sites for hydroxylation is 1.